The van der Waals surface area contributed by atoms with Crippen molar-refractivity contribution in [3.8, 4) is 0 Å². The Bertz CT molecular complexity index is 688. The van der Waals surface area contributed by atoms with Crippen LogP contribution in [0.25, 0.3) is 0 Å². The SMILES string of the molecule is CN1CC[C@@H](N2CCN(c3ccc(F)cn3)c3ccccc32)C1. The fourth-order valence-corrected chi connectivity index (χ4v) is 3.69. The van der Waals surface area contributed by atoms with Gasteiger partial charge in [-0.3, -0.25) is 0 Å². The molecule has 2 aromatic rings. The van der Waals surface area contributed by atoms with Gasteiger partial charge in [-0.05, 0) is 44.3 Å². The summed E-state index contributed by atoms with van der Waals surface area (Å²) >= 11 is 0. The number of halogens is 1. The van der Waals surface area contributed by atoms with Crippen LogP contribution in [0.3, 0.4) is 0 Å². The molecule has 2 aliphatic heterocycles. The van der Waals surface area contributed by atoms with Crippen molar-refractivity contribution < 1.29 is 4.39 Å². The molecule has 1 saturated heterocycles. The van der Waals surface area contributed by atoms with Crippen molar-refractivity contribution in [2.75, 3.05) is 43.0 Å². The van der Waals surface area contributed by atoms with Crippen LogP contribution < -0.4 is 9.80 Å². The summed E-state index contributed by atoms with van der Waals surface area (Å²) in [4.78, 5) is 11.4. The first kappa shape index (κ1) is 14.5. The van der Waals surface area contributed by atoms with Crippen molar-refractivity contribution in [2.45, 2.75) is 12.5 Å². The van der Waals surface area contributed by atoms with Gasteiger partial charge in [-0.25, -0.2) is 9.37 Å². The minimum Gasteiger partial charge on any atom is -0.364 e. The van der Waals surface area contributed by atoms with Gasteiger partial charge in [0.15, 0.2) is 0 Å². The number of hydrogen-bond acceptors (Lipinski definition) is 4. The minimum atomic E-state index is -0.297. The Morgan fingerprint density at radius 2 is 1.87 bits per heavy atom. The van der Waals surface area contributed by atoms with Gasteiger partial charge in [-0.2, -0.15) is 0 Å². The molecule has 0 N–H and O–H groups in total. The van der Waals surface area contributed by atoms with Gasteiger partial charge in [0.05, 0.1) is 17.6 Å². The molecule has 0 radical (unpaired) electrons. The number of pyridine rings is 1. The van der Waals surface area contributed by atoms with E-state index in [1.54, 1.807) is 6.07 Å². The van der Waals surface area contributed by atoms with E-state index in [1.807, 2.05) is 0 Å². The maximum absolute atomic E-state index is 13.2. The zero-order valence-electron chi connectivity index (χ0n) is 13.3. The summed E-state index contributed by atoms with van der Waals surface area (Å²) < 4.78 is 13.2. The van der Waals surface area contributed by atoms with Gasteiger partial charge in [0, 0.05) is 25.7 Å². The molecule has 0 unspecified atom stereocenters. The first-order valence-electron chi connectivity index (χ1n) is 8.16. The number of nitrogens with zero attached hydrogens (tertiary/aromatic N) is 4. The van der Waals surface area contributed by atoms with E-state index in [0.717, 1.165) is 37.7 Å². The molecule has 1 aromatic carbocycles. The largest absolute Gasteiger partial charge is 0.364 e. The van der Waals surface area contributed by atoms with Crippen molar-refractivity contribution in [1.82, 2.24) is 9.88 Å². The molecule has 4 nitrogen and oxygen atoms in total. The average Bonchev–Trinajstić information content (AvgIpc) is 3.01. The molecule has 3 heterocycles. The number of fused-ring (bicyclic) bond motifs is 1. The van der Waals surface area contributed by atoms with Crippen LogP contribution in [-0.4, -0.2) is 49.2 Å². The van der Waals surface area contributed by atoms with Crippen molar-refractivity contribution >= 4 is 17.2 Å². The summed E-state index contributed by atoms with van der Waals surface area (Å²) in [5.41, 5.74) is 2.41. The zero-order valence-corrected chi connectivity index (χ0v) is 13.3. The van der Waals surface area contributed by atoms with Gasteiger partial charge in [0.1, 0.15) is 11.6 Å². The third-order valence-electron chi connectivity index (χ3n) is 4.84. The lowest BCUT2D eigenvalue weighted by molar-refractivity contribution is 0.407. The predicted molar refractivity (Wildman–Crippen MR) is 90.9 cm³/mol. The average molecular weight is 312 g/mol. The van der Waals surface area contributed by atoms with E-state index in [1.165, 1.54) is 24.4 Å². The van der Waals surface area contributed by atoms with E-state index in [0.29, 0.717) is 6.04 Å². The van der Waals surface area contributed by atoms with Crippen LogP contribution in [0.4, 0.5) is 21.6 Å². The number of likely N-dealkylation sites (tertiary alicyclic amines) is 1. The quantitative estimate of drug-likeness (QED) is 0.850. The molecule has 0 spiro atoms. The number of hydrogen-bond donors (Lipinski definition) is 0. The van der Waals surface area contributed by atoms with Crippen molar-refractivity contribution in [1.29, 1.82) is 0 Å². The monoisotopic (exact) mass is 312 g/mol. The molecule has 1 atom stereocenters. The summed E-state index contributed by atoms with van der Waals surface area (Å²) in [5, 5.41) is 0. The standard InChI is InChI=1S/C18H21FN4/c1-21-9-8-15(13-21)22-10-11-23(17-5-3-2-4-16(17)22)18-7-6-14(19)12-20-18/h2-7,12,15H,8-11,13H2,1H3/t15-/m1/s1. The fourth-order valence-electron chi connectivity index (χ4n) is 3.69. The van der Waals surface area contributed by atoms with E-state index in [4.69, 9.17) is 0 Å². The maximum atomic E-state index is 13.2. The van der Waals surface area contributed by atoms with Crippen molar-refractivity contribution in [2.24, 2.45) is 0 Å². The maximum Gasteiger partial charge on any atom is 0.141 e. The topological polar surface area (TPSA) is 22.6 Å². The van der Waals surface area contributed by atoms with Gasteiger partial charge in [-0.1, -0.05) is 12.1 Å². The molecule has 0 saturated carbocycles. The first-order chi connectivity index (χ1) is 11.2. The van der Waals surface area contributed by atoms with E-state index in [-0.39, 0.29) is 5.82 Å². The second kappa shape index (κ2) is 5.81. The first-order valence-corrected chi connectivity index (χ1v) is 8.16. The highest BCUT2D eigenvalue weighted by Crippen LogP contribution is 2.38. The molecule has 5 heteroatoms. The highest BCUT2D eigenvalue weighted by atomic mass is 19.1. The number of aromatic nitrogens is 1. The van der Waals surface area contributed by atoms with Crippen LogP contribution in [-0.2, 0) is 0 Å². The lowest BCUT2D eigenvalue weighted by atomic mass is 10.1. The van der Waals surface area contributed by atoms with Crippen molar-refractivity contribution in [3.63, 3.8) is 0 Å². The van der Waals surface area contributed by atoms with E-state index in [9.17, 15) is 4.39 Å². The zero-order chi connectivity index (χ0) is 15.8. The van der Waals surface area contributed by atoms with Gasteiger partial charge in [-0.15, -0.1) is 0 Å². The molecule has 120 valence electrons. The number of para-hydroxylation sites is 2. The molecular weight excluding hydrogens is 291 g/mol. The molecular formula is C18H21FN4. The lowest BCUT2D eigenvalue weighted by Gasteiger charge is -2.41. The lowest BCUT2D eigenvalue weighted by Crippen LogP contribution is -2.45. The highest BCUT2D eigenvalue weighted by Gasteiger charge is 2.31. The molecule has 1 aromatic heterocycles. The molecule has 23 heavy (non-hydrogen) atoms. The highest BCUT2D eigenvalue weighted by molar-refractivity contribution is 5.78. The summed E-state index contributed by atoms with van der Waals surface area (Å²) in [6.45, 7) is 4.11. The van der Waals surface area contributed by atoms with Gasteiger partial charge in [0.25, 0.3) is 0 Å². The van der Waals surface area contributed by atoms with E-state index in [2.05, 4.69) is 51.0 Å². The number of rotatable bonds is 2. The summed E-state index contributed by atoms with van der Waals surface area (Å²) in [6.07, 6.45) is 2.50. The number of benzene rings is 1. The summed E-state index contributed by atoms with van der Waals surface area (Å²) in [7, 11) is 2.19. The van der Waals surface area contributed by atoms with Gasteiger partial charge < -0.3 is 14.7 Å². The summed E-state index contributed by atoms with van der Waals surface area (Å²) in [6, 6.07) is 12.3. The van der Waals surface area contributed by atoms with E-state index < -0.39 is 0 Å². The predicted octanol–water partition coefficient (Wildman–Crippen LogP) is 2.88. The fraction of sp³-hybridized carbons (Fsp3) is 0.389. The Morgan fingerprint density at radius 1 is 1.04 bits per heavy atom. The van der Waals surface area contributed by atoms with Crippen LogP contribution >= 0.6 is 0 Å². The number of likely N-dealkylation sites (N-methyl/N-ethyl adjacent to an activating group) is 1. The second-order valence-corrected chi connectivity index (χ2v) is 6.37. The Balaban J connectivity index is 1.68. The van der Waals surface area contributed by atoms with Crippen LogP contribution in [0.5, 0.6) is 0 Å². The van der Waals surface area contributed by atoms with Crippen LogP contribution in [0, 0.1) is 5.82 Å². The third kappa shape index (κ3) is 2.65. The Kier molecular flexibility index (Phi) is 3.65. The normalized spacial score (nSPS) is 21.6. The Morgan fingerprint density at radius 3 is 2.57 bits per heavy atom. The molecule has 0 amide bonds. The Labute approximate surface area is 136 Å². The molecule has 0 aliphatic carbocycles. The van der Waals surface area contributed by atoms with Crippen LogP contribution in [0.2, 0.25) is 0 Å². The Hall–Kier alpha value is -2.14. The molecule has 1 fully saturated rings. The molecule has 0 bridgehead atoms. The minimum absolute atomic E-state index is 0.297. The van der Waals surface area contributed by atoms with Gasteiger partial charge in [0.2, 0.25) is 0 Å². The smallest absolute Gasteiger partial charge is 0.141 e. The summed E-state index contributed by atoms with van der Waals surface area (Å²) in [5.74, 6) is 0.511. The molecule has 2 aliphatic rings. The van der Waals surface area contributed by atoms with Crippen LogP contribution in [0.1, 0.15) is 6.42 Å². The third-order valence-corrected chi connectivity index (χ3v) is 4.84. The van der Waals surface area contributed by atoms with E-state index >= 15 is 0 Å². The van der Waals surface area contributed by atoms with Crippen molar-refractivity contribution in [3.05, 3.63) is 48.4 Å². The van der Waals surface area contributed by atoms with Gasteiger partial charge >= 0.3 is 0 Å². The molecule has 4 rings (SSSR count). The number of anilines is 3. The van der Waals surface area contributed by atoms with Crippen LogP contribution in [0.15, 0.2) is 42.6 Å². The second-order valence-electron chi connectivity index (χ2n) is 6.37.